The summed E-state index contributed by atoms with van der Waals surface area (Å²) in [6.07, 6.45) is 6.34. The Morgan fingerprint density at radius 3 is 2.28 bits per heavy atom. The van der Waals surface area contributed by atoms with Gasteiger partial charge < -0.3 is 19.8 Å². The Morgan fingerprint density at radius 2 is 1.62 bits per heavy atom. The van der Waals surface area contributed by atoms with Crippen molar-refractivity contribution in [2.45, 2.75) is 135 Å². The number of urea groups is 1. The van der Waals surface area contributed by atoms with Crippen LogP contribution in [0.4, 0.5) is 16.2 Å². The van der Waals surface area contributed by atoms with Crippen LogP contribution < -0.4 is 20.1 Å². The Bertz CT molecular complexity index is 2180. The van der Waals surface area contributed by atoms with Gasteiger partial charge in [-0.05, 0) is 108 Å². The normalized spacial score (nSPS) is 20.5. The lowest BCUT2D eigenvalue weighted by atomic mass is 9.85. The van der Waals surface area contributed by atoms with Crippen LogP contribution in [-0.4, -0.2) is 68.2 Å². The summed E-state index contributed by atoms with van der Waals surface area (Å²) in [6.45, 7) is 25.0. The van der Waals surface area contributed by atoms with Crippen LogP contribution in [0.15, 0.2) is 60.8 Å². The van der Waals surface area contributed by atoms with E-state index in [1.165, 1.54) is 0 Å². The Hall–Kier alpha value is -3.98. The van der Waals surface area contributed by atoms with Gasteiger partial charge in [-0.15, -0.1) is 10.2 Å². The van der Waals surface area contributed by atoms with E-state index in [-0.39, 0.29) is 29.1 Å². The molecule has 58 heavy (non-hydrogen) atoms. The lowest BCUT2D eigenvalue weighted by Crippen LogP contribution is -2.50. The third kappa shape index (κ3) is 9.24. The number of likely N-dealkylation sites (tertiary alicyclic amines) is 1. The van der Waals surface area contributed by atoms with E-state index in [0.29, 0.717) is 47.4 Å². The van der Waals surface area contributed by atoms with Crippen LogP contribution in [-0.2, 0) is 25.4 Å². The molecule has 1 saturated heterocycles. The maximum Gasteiger partial charge on any atom is 0.319 e. The number of rotatable bonds is 14. The minimum absolute atomic E-state index is 0.217. The number of hydrogen-bond acceptors (Lipinski definition) is 8. The van der Waals surface area contributed by atoms with E-state index in [9.17, 15) is 13.2 Å². The molecule has 3 atom stereocenters. The third-order valence-corrected chi connectivity index (χ3v) is 19.2. The highest BCUT2D eigenvalue weighted by Crippen LogP contribution is 2.44. The monoisotopic (exact) mass is 831 g/mol. The molecule has 0 unspecified atom stereocenters. The molecule has 2 aromatic heterocycles. The first-order valence-corrected chi connectivity index (χ1v) is 24.9. The molecule has 1 fully saturated rings. The molecular weight excluding hydrogens is 767 g/mol. The highest BCUT2D eigenvalue weighted by atomic mass is 32.2. The number of pyridine rings is 1. The molecule has 4 aromatic rings. The first kappa shape index (κ1) is 43.6. The van der Waals surface area contributed by atoms with Gasteiger partial charge in [-0.1, -0.05) is 86.6 Å². The molecule has 1 aliphatic heterocycles. The molecule has 0 radical (unpaired) electrons. The lowest BCUT2D eigenvalue weighted by Gasteiger charge is -2.43. The summed E-state index contributed by atoms with van der Waals surface area (Å²) in [5, 5.41) is 15.5. The number of amides is 2. The topological polar surface area (TPSA) is 139 Å². The molecule has 2 aromatic carbocycles. The molecule has 2 amide bonds. The average molecular weight is 832 g/mol. The summed E-state index contributed by atoms with van der Waals surface area (Å²) < 4.78 is 42.4. The molecule has 12 nitrogen and oxygen atoms in total. The SMILES string of the molecule is CC(C)[Si](OCCN1CCC[C@@]1(C)c1nnc2ccc(O[C@@H]3CC[C@H](NC(=O)Nc4cc(NS(C)(=O)=O)cc(C(C)(C)C)c4)c4ccccc43)cn12)(C(C)C)C(C)C. The van der Waals surface area contributed by atoms with Crippen molar-refractivity contribution < 1.29 is 22.4 Å². The van der Waals surface area contributed by atoms with Gasteiger partial charge in [0.1, 0.15) is 11.9 Å². The van der Waals surface area contributed by atoms with Gasteiger partial charge >= 0.3 is 6.03 Å². The lowest BCUT2D eigenvalue weighted by molar-refractivity contribution is 0.114. The van der Waals surface area contributed by atoms with Crippen molar-refractivity contribution in [3.05, 3.63) is 83.3 Å². The van der Waals surface area contributed by atoms with Gasteiger partial charge in [-0.25, -0.2) is 13.2 Å². The van der Waals surface area contributed by atoms with E-state index in [1.54, 1.807) is 12.1 Å². The second-order valence-electron chi connectivity index (χ2n) is 18.5. The van der Waals surface area contributed by atoms with Crippen LogP contribution in [0.5, 0.6) is 5.75 Å². The van der Waals surface area contributed by atoms with Crippen LogP contribution in [0.25, 0.3) is 5.65 Å². The van der Waals surface area contributed by atoms with Crippen molar-refractivity contribution in [2.75, 3.05) is 36.0 Å². The Labute approximate surface area is 347 Å². The standard InChI is InChI=1S/C44H65N7O5SSi/c1-29(2)58(30(3)4,31(5)6)55-24-23-50-22-14-21-44(50,10)41-48-47-40-20-17-35(28-51(40)41)56-39-19-18-38(36-15-12-13-16-37(36)39)46-42(52)45-33-25-32(43(7,8)9)26-34(27-33)49-57(11,53)54/h12-13,15-17,20,25-31,38-39,49H,14,18-19,21-24H2,1-11H3,(H2,45,46,52)/t38-,39+,44-/m0/s1. The number of hydrogen-bond donors (Lipinski definition) is 3. The smallest absolute Gasteiger partial charge is 0.319 e. The number of anilines is 2. The van der Waals surface area contributed by atoms with Gasteiger partial charge in [0, 0.05) is 18.8 Å². The van der Waals surface area contributed by atoms with Crippen LogP contribution >= 0.6 is 0 Å². The van der Waals surface area contributed by atoms with Crippen molar-refractivity contribution in [3.63, 3.8) is 0 Å². The second kappa shape index (κ2) is 16.9. The summed E-state index contributed by atoms with van der Waals surface area (Å²) in [6, 6.07) is 16.7. The van der Waals surface area contributed by atoms with Crippen molar-refractivity contribution in [1.29, 1.82) is 0 Å². The first-order valence-electron chi connectivity index (χ1n) is 20.9. The van der Waals surface area contributed by atoms with Crippen LogP contribution in [0, 0.1) is 0 Å². The van der Waals surface area contributed by atoms with E-state index in [4.69, 9.17) is 14.3 Å². The first-order chi connectivity index (χ1) is 27.2. The number of benzene rings is 2. The molecule has 3 heterocycles. The highest BCUT2D eigenvalue weighted by Gasteiger charge is 2.46. The van der Waals surface area contributed by atoms with Crippen LogP contribution in [0.2, 0.25) is 16.6 Å². The number of carbonyl (C=O) groups is 1. The number of nitrogens with zero attached hydrogens (tertiary/aromatic N) is 4. The van der Waals surface area contributed by atoms with Gasteiger partial charge in [-0.3, -0.25) is 14.0 Å². The molecule has 0 bridgehead atoms. The summed E-state index contributed by atoms with van der Waals surface area (Å²) in [5.74, 6) is 1.64. The van der Waals surface area contributed by atoms with E-state index in [0.717, 1.165) is 66.1 Å². The van der Waals surface area contributed by atoms with Crippen molar-refractivity contribution in [2.24, 2.45) is 0 Å². The van der Waals surface area contributed by atoms with E-state index >= 15 is 0 Å². The number of nitrogens with one attached hydrogen (secondary N) is 3. The summed E-state index contributed by atoms with van der Waals surface area (Å²) in [7, 11) is -5.48. The fourth-order valence-electron chi connectivity index (χ4n) is 9.69. The van der Waals surface area contributed by atoms with Crippen molar-refractivity contribution in [1.82, 2.24) is 24.8 Å². The molecule has 0 spiro atoms. The summed E-state index contributed by atoms with van der Waals surface area (Å²) >= 11 is 0. The molecule has 2 aliphatic rings. The number of carbonyl (C=O) groups excluding carboxylic acids is 1. The van der Waals surface area contributed by atoms with Gasteiger partial charge in [0.2, 0.25) is 10.0 Å². The van der Waals surface area contributed by atoms with Crippen LogP contribution in [0.1, 0.15) is 130 Å². The predicted octanol–water partition coefficient (Wildman–Crippen LogP) is 9.68. The van der Waals surface area contributed by atoms with Gasteiger partial charge in [0.05, 0.1) is 29.7 Å². The number of sulfonamides is 1. The van der Waals surface area contributed by atoms with Gasteiger partial charge in [0.25, 0.3) is 0 Å². The minimum Gasteiger partial charge on any atom is -0.484 e. The zero-order chi connectivity index (χ0) is 42.2. The minimum atomic E-state index is -3.51. The highest BCUT2D eigenvalue weighted by molar-refractivity contribution is 7.92. The average Bonchev–Trinajstić information content (AvgIpc) is 3.73. The fraction of sp³-hybridized carbons (Fsp3) is 0.568. The summed E-state index contributed by atoms with van der Waals surface area (Å²) in [4.78, 5) is 16.0. The van der Waals surface area contributed by atoms with Crippen molar-refractivity contribution >= 4 is 41.4 Å². The fourth-order valence-corrected chi connectivity index (χ4v) is 15.7. The van der Waals surface area contributed by atoms with E-state index < -0.39 is 18.3 Å². The van der Waals surface area contributed by atoms with Gasteiger partial charge in [-0.2, -0.15) is 0 Å². The molecule has 0 saturated carbocycles. The molecule has 3 N–H and O–H groups in total. The Kier molecular flexibility index (Phi) is 12.7. The quantitative estimate of drug-likeness (QED) is 0.107. The third-order valence-electron chi connectivity index (χ3n) is 12.4. The Morgan fingerprint density at radius 1 is 0.948 bits per heavy atom. The molecular formula is C44H65N7O5SSi. The van der Waals surface area contributed by atoms with E-state index in [1.807, 2.05) is 63.4 Å². The number of fused-ring (bicyclic) bond motifs is 2. The van der Waals surface area contributed by atoms with Gasteiger partial charge in [0.15, 0.2) is 19.8 Å². The molecule has 14 heteroatoms. The maximum atomic E-state index is 13.5. The molecule has 1 aliphatic carbocycles. The maximum absolute atomic E-state index is 13.5. The number of ether oxygens (including phenoxy) is 1. The van der Waals surface area contributed by atoms with E-state index in [2.05, 4.69) is 84.3 Å². The summed E-state index contributed by atoms with van der Waals surface area (Å²) in [5.41, 5.74) is 5.64. The zero-order valence-electron chi connectivity index (χ0n) is 36.3. The van der Waals surface area contributed by atoms with Crippen molar-refractivity contribution in [3.8, 4) is 5.75 Å². The largest absolute Gasteiger partial charge is 0.484 e. The Balaban J connectivity index is 1.16. The molecule has 6 rings (SSSR count). The zero-order valence-corrected chi connectivity index (χ0v) is 38.2. The number of aromatic nitrogens is 3. The second-order valence-corrected chi connectivity index (χ2v) is 25.7. The predicted molar refractivity (Wildman–Crippen MR) is 236 cm³/mol. The molecule has 316 valence electrons. The van der Waals surface area contributed by atoms with Crippen LogP contribution in [0.3, 0.4) is 0 Å².